The third-order valence-electron chi connectivity index (χ3n) is 4.63. The van der Waals surface area contributed by atoms with Crippen LogP contribution in [0.1, 0.15) is 58.8 Å². The molecular weight excluding hydrogens is 338 g/mol. The number of nitrogens with one attached hydrogen (secondary N) is 2. The van der Waals surface area contributed by atoms with Crippen molar-refractivity contribution in [3.63, 3.8) is 0 Å². The predicted molar refractivity (Wildman–Crippen MR) is 105 cm³/mol. The summed E-state index contributed by atoms with van der Waals surface area (Å²) in [5.41, 5.74) is -0.106. The summed E-state index contributed by atoms with van der Waals surface area (Å²) in [6.45, 7) is 6.42. The maximum Gasteiger partial charge on any atom is 0.190 e. The molecule has 0 amide bonds. The zero-order valence-corrected chi connectivity index (χ0v) is 17.3. The quantitative estimate of drug-likeness (QED) is 0.348. The fourth-order valence-corrected chi connectivity index (χ4v) is 3.78. The maximum absolute atomic E-state index is 11.3. The number of guanidine groups is 1. The highest BCUT2D eigenvalue weighted by Gasteiger charge is 2.20. The molecule has 1 aliphatic carbocycles. The standard InChI is InChI=1S/C18H37N3O3S/c1-18(2,11-14-25(4,22)23)15-21-17(19-3)20-12-8-13-24-16-9-6-5-7-10-16/h16H,5-15H2,1-4H3,(H2,19,20,21). The van der Waals surface area contributed by atoms with Gasteiger partial charge in [0.05, 0.1) is 11.9 Å². The van der Waals surface area contributed by atoms with Gasteiger partial charge in [-0.3, -0.25) is 4.99 Å². The molecule has 25 heavy (non-hydrogen) atoms. The van der Waals surface area contributed by atoms with Crippen molar-refractivity contribution in [1.82, 2.24) is 10.6 Å². The van der Waals surface area contributed by atoms with Crippen molar-refractivity contribution in [3.05, 3.63) is 0 Å². The van der Waals surface area contributed by atoms with Crippen LogP contribution in [0.3, 0.4) is 0 Å². The van der Waals surface area contributed by atoms with Crippen LogP contribution in [0.5, 0.6) is 0 Å². The highest BCUT2D eigenvalue weighted by atomic mass is 32.2. The normalized spacial score (nSPS) is 17.5. The number of aliphatic imine (C=N–C) groups is 1. The van der Waals surface area contributed by atoms with Crippen LogP contribution in [0, 0.1) is 5.41 Å². The molecule has 0 unspecified atom stereocenters. The van der Waals surface area contributed by atoms with E-state index in [-0.39, 0.29) is 11.2 Å². The van der Waals surface area contributed by atoms with Crippen molar-refractivity contribution in [2.24, 2.45) is 10.4 Å². The monoisotopic (exact) mass is 375 g/mol. The molecule has 148 valence electrons. The van der Waals surface area contributed by atoms with Gasteiger partial charge in [-0.05, 0) is 31.1 Å². The summed E-state index contributed by atoms with van der Waals surface area (Å²) >= 11 is 0. The molecule has 0 radical (unpaired) electrons. The van der Waals surface area contributed by atoms with E-state index in [9.17, 15) is 8.42 Å². The predicted octanol–water partition coefficient (Wildman–Crippen LogP) is 2.35. The van der Waals surface area contributed by atoms with E-state index < -0.39 is 9.84 Å². The van der Waals surface area contributed by atoms with Gasteiger partial charge in [-0.25, -0.2) is 8.42 Å². The Morgan fingerprint density at radius 1 is 1.20 bits per heavy atom. The van der Waals surface area contributed by atoms with Crippen LogP contribution in [-0.4, -0.2) is 59.2 Å². The number of ether oxygens (including phenoxy) is 1. The Balaban J connectivity index is 2.16. The van der Waals surface area contributed by atoms with Crippen LogP contribution in [0.15, 0.2) is 4.99 Å². The van der Waals surface area contributed by atoms with E-state index >= 15 is 0 Å². The molecule has 0 aliphatic heterocycles. The molecule has 2 N–H and O–H groups in total. The molecule has 1 fully saturated rings. The zero-order chi connectivity index (χ0) is 18.8. The van der Waals surface area contributed by atoms with Gasteiger partial charge in [0.15, 0.2) is 5.96 Å². The first-order valence-corrected chi connectivity index (χ1v) is 11.5. The third-order valence-corrected chi connectivity index (χ3v) is 5.57. The van der Waals surface area contributed by atoms with E-state index in [1.165, 1.54) is 38.4 Å². The highest BCUT2D eigenvalue weighted by molar-refractivity contribution is 7.90. The summed E-state index contributed by atoms with van der Waals surface area (Å²) in [6.07, 6.45) is 9.69. The van der Waals surface area contributed by atoms with Gasteiger partial charge in [0.2, 0.25) is 0 Å². The fraction of sp³-hybridized carbons (Fsp3) is 0.944. The Labute approximate surface area is 154 Å². The second-order valence-corrected chi connectivity index (χ2v) is 10.1. The summed E-state index contributed by atoms with van der Waals surface area (Å²) in [4.78, 5) is 4.22. The van der Waals surface area contributed by atoms with Crippen LogP contribution >= 0.6 is 0 Å². The molecule has 0 saturated heterocycles. The minimum absolute atomic E-state index is 0.106. The summed E-state index contributed by atoms with van der Waals surface area (Å²) in [5, 5.41) is 6.58. The average Bonchev–Trinajstić information content (AvgIpc) is 2.56. The molecule has 7 heteroatoms. The lowest BCUT2D eigenvalue weighted by molar-refractivity contribution is 0.0277. The number of nitrogens with zero attached hydrogens (tertiary/aromatic N) is 1. The molecule has 0 spiro atoms. The van der Waals surface area contributed by atoms with E-state index in [0.29, 0.717) is 19.1 Å². The molecule has 6 nitrogen and oxygen atoms in total. The molecule has 1 aliphatic rings. The number of hydrogen-bond acceptors (Lipinski definition) is 4. The molecular formula is C18H37N3O3S. The number of hydrogen-bond donors (Lipinski definition) is 2. The van der Waals surface area contributed by atoms with Gasteiger partial charge in [0, 0.05) is 33.0 Å². The van der Waals surface area contributed by atoms with E-state index in [1.807, 2.05) is 0 Å². The van der Waals surface area contributed by atoms with Crippen molar-refractivity contribution in [2.45, 2.75) is 64.9 Å². The second kappa shape index (κ2) is 11.0. The van der Waals surface area contributed by atoms with Gasteiger partial charge in [-0.2, -0.15) is 0 Å². The van der Waals surface area contributed by atoms with Gasteiger partial charge in [0.1, 0.15) is 9.84 Å². The lowest BCUT2D eigenvalue weighted by atomic mass is 9.90. The summed E-state index contributed by atoms with van der Waals surface area (Å²) in [5.74, 6) is 0.969. The Kier molecular flexibility index (Phi) is 9.79. The molecule has 0 aromatic heterocycles. The average molecular weight is 376 g/mol. The Morgan fingerprint density at radius 2 is 1.88 bits per heavy atom. The third kappa shape index (κ3) is 11.4. The molecule has 0 heterocycles. The summed E-state index contributed by atoms with van der Waals surface area (Å²) < 4.78 is 28.6. The molecule has 0 aromatic rings. The fourth-order valence-electron chi connectivity index (χ4n) is 2.85. The van der Waals surface area contributed by atoms with Gasteiger partial charge in [-0.1, -0.05) is 33.1 Å². The van der Waals surface area contributed by atoms with Gasteiger partial charge >= 0.3 is 0 Å². The lowest BCUT2D eigenvalue weighted by Crippen LogP contribution is -2.43. The van der Waals surface area contributed by atoms with Crippen molar-refractivity contribution in [3.8, 4) is 0 Å². The second-order valence-electron chi connectivity index (χ2n) is 7.88. The van der Waals surface area contributed by atoms with E-state index in [2.05, 4.69) is 29.5 Å². The van der Waals surface area contributed by atoms with Crippen molar-refractivity contribution >= 4 is 15.8 Å². The highest BCUT2D eigenvalue weighted by Crippen LogP contribution is 2.20. The van der Waals surface area contributed by atoms with Crippen LogP contribution in [0.4, 0.5) is 0 Å². The van der Waals surface area contributed by atoms with Crippen LogP contribution in [-0.2, 0) is 14.6 Å². The molecule has 1 saturated carbocycles. The minimum atomic E-state index is -2.92. The molecule has 0 atom stereocenters. The smallest absolute Gasteiger partial charge is 0.190 e. The maximum atomic E-state index is 11.3. The molecule has 0 aromatic carbocycles. The van der Waals surface area contributed by atoms with Gasteiger partial charge < -0.3 is 15.4 Å². The number of sulfone groups is 1. The van der Waals surface area contributed by atoms with Crippen molar-refractivity contribution in [1.29, 1.82) is 0 Å². The van der Waals surface area contributed by atoms with Crippen LogP contribution in [0.25, 0.3) is 0 Å². The molecule has 1 rings (SSSR count). The van der Waals surface area contributed by atoms with Gasteiger partial charge in [-0.15, -0.1) is 0 Å². The Hall–Kier alpha value is -0.820. The number of rotatable bonds is 10. The lowest BCUT2D eigenvalue weighted by Gasteiger charge is -2.26. The first-order chi connectivity index (χ1) is 11.7. The zero-order valence-electron chi connectivity index (χ0n) is 16.4. The van der Waals surface area contributed by atoms with Crippen molar-refractivity contribution in [2.75, 3.05) is 38.8 Å². The van der Waals surface area contributed by atoms with E-state index in [1.54, 1.807) is 7.05 Å². The van der Waals surface area contributed by atoms with Crippen LogP contribution < -0.4 is 10.6 Å². The largest absolute Gasteiger partial charge is 0.378 e. The van der Waals surface area contributed by atoms with Gasteiger partial charge in [0.25, 0.3) is 0 Å². The molecule has 0 bridgehead atoms. The van der Waals surface area contributed by atoms with Crippen LogP contribution in [0.2, 0.25) is 0 Å². The first kappa shape index (κ1) is 22.2. The van der Waals surface area contributed by atoms with E-state index in [4.69, 9.17) is 4.74 Å². The first-order valence-electron chi connectivity index (χ1n) is 9.46. The summed E-state index contributed by atoms with van der Waals surface area (Å²) in [7, 11) is -1.17. The van der Waals surface area contributed by atoms with Crippen molar-refractivity contribution < 1.29 is 13.2 Å². The topological polar surface area (TPSA) is 79.8 Å². The SMILES string of the molecule is CN=C(NCCCOC1CCCCC1)NCC(C)(C)CCS(C)(=O)=O. The minimum Gasteiger partial charge on any atom is -0.378 e. The summed E-state index contributed by atoms with van der Waals surface area (Å²) in [6, 6.07) is 0. The Bertz CT molecular complexity index is 498. The van der Waals surface area contributed by atoms with E-state index in [0.717, 1.165) is 25.5 Å². The Morgan fingerprint density at radius 3 is 2.48 bits per heavy atom.